The Labute approximate surface area is 130 Å². The summed E-state index contributed by atoms with van der Waals surface area (Å²) in [6.45, 7) is 6.15. The van der Waals surface area contributed by atoms with E-state index in [9.17, 15) is 9.59 Å². The standard InChI is InChI=1S/C15H23N5O2/c1-10(2)11-9-20-13(14(21)16-11)12(17-18-20)15(22)19-7-5-3-4-6-8-19/h10-11H,3-9H2,1-2H3,(H,16,21). The highest BCUT2D eigenvalue weighted by molar-refractivity contribution is 6.05. The molecule has 2 aliphatic heterocycles. The summed E-state index contributed by atoms with van der Waals surface area (Å²) < 4.78 is 1.58. The third kappa shape index (κ3) is 2.71. The summed E-state index contributed by atoms with van der Waals surface area (Å²) in [5.41, 5.74) is 0.507. The van der Waals surface area contributed by atoms with Crippen molar-refractivity contribution in [3.05, 3.63) is 11.4 Å². The van der Waals surface area contributed by atoms with Crippen molar-refractivity contribution in [3.8, 4) is 0 Å². The summed E-state index contributed by atoms with van der Waals surface area (Å²) >= 11 is 0. The molecule has 1 saturated heterocycles. The molecule has 1 unspecified atom stereocenters. The van der Waals surface area contributed by atoms with Gasteiger partial charge in [0.1, 0.15) is 0 Å². The molecule has 3 rings (SSSR count). The fourth-order valence-electron chi connectivity index (χ4n) is 3.08. The van der Waals surface area contributed by atoms with Crippen LogP contribution >= 0.6 is 0 Å². The van der Waals surface area contributed by atoms with Gasteiger partial charge in [-0.15, -0.1) is 5.10 Å². The Kier molecular flexibility index (Phi) is 4.13. The lowest BCUT2D eigenvalue weighted by Crippen LogP contribution is -2.48. The number of amides is 2. The Morgan fingerprint density at radius 2 is 1.91 bits per heavy atom. The van der Waals surface area contributed by atoms with Crippen LogP contribution in [0.1, 0.15) is 60.5 Å². The molecular weight excluding hydrogens is 282 g/mol. The van der Waals surface area contributed by atoms with Gasteiger partial charge in [-0.1, -0.05) is 31.9 Å². The maximum Gasteiger partial charge on any atom is 0.276 e. The minimum Gasteiger partial charge on any atom is -0.346 e. The van der Waals surface area contributed by atoms with Gasteiger partial charge in [0.15, 0.2) is 11.4 Å². The summed E-state index contributed by atoms with van der Waals surface area (Å²) in [7, 11) is 0. The topological polar surface area (TPSA) is 80.1 Å². The first-order valence-electron chi connectivity index (χ1n) is 8.11. The van der Waals surface area contributed by atoms with Crippen molar-refractivity contribution in [3.63, 3.8) is 0 Å². The van der Waals surface area contributed by atoms with Crippen LogP contribution in [0.25, 0.3) is 0 Å². The zero-order valence-corrected chi connectivity index (χ0v) is 13.2. The number of fused-ring (bicyclic) bond motifs is 1. The molecule has 1 fully saturated rings. The molecule has 1 aromatic rings. The number of likely N-dealkylation sites (tertiary alicyclic amines) is 1. The lowest BCUT2D eigenvalue weighted by molar-refractivity contribution is 0.0744. The van der Waals surface area contributed by atoms with E-state index in [1.54, 1.807) is 9.58 Å². The van der Waals surface area contributed by atoms with Crippen molar-refractivity contribution in [2.24, 2.45) is 5.92 Å². The molecule has 0 aromatic carbocycles. The average Bonchev–Trinajstić information content (AvgIpc) is 2.74. The fraction of sp³-hybridized carbons (Fsp3) is 0.733. The van der Waals surface area contributed by atoms with Gasteiger partial charge in [-0.2, -0.15) is 0 Å². The monoisotopic (exact) mass is 305 g/mol. The number of rotatable bonds is 2. The molecule has 7 nitrogen and oxygen atoms in total. The van der Waals surface area contributed by atoms with E-state index < -0.39 is 0 Å². The van der Waals surface area contributed by atoms with Crippen LogP contribution in [0.15, 0.2) is 0 Å². The average molecular weight is 305 g/mol. The molecule has 1 aromatic heterocycles. The van der Waals surface area contributed by atoms with Crippen LogP contribution in [0.4, 0.5) is 0 Å². The zero-order valence-electron chi connectivity index (χ0n) is 13.2. The maximum absolute atomic E-state index is 12.7. The van der Waals surface area contributed by atoms with Crippen LogP contribution < -0.4 is 5.32 Å². The molecular formula is C15H23N5O2. The van der Waals surface area contributed by atoms with E-state index in [0.29, 0.717) is 18.2 Å². The molecule has 0 bridgehead atoms. The molecule has 1 N–H and O–H groups in total. The first-order valence-corrected chi connectivity index (χ1v) is 8.11. The van der Waals surface area contributed by atoms with Gasteiger partial charge in [0.05, 0.1) is 12.6 Å². The Morgan fingerprint density at radius 1 is 1.23 bits per heavy atom. The third-order valence-electron chi connectivity index (χ3n) is 4.54. The predicted octanol–water partition coefficient (Wildman–Crippen LogP) is 1.06. The number of aromatic nitrogens is 3. The van der Waals surface area contributed by atoms with Gasteiger partial charge in [0.25, 0.3) is 11.8 Å². The van der Waals surface area contributed by atoms with Crippen LogP contribution in [-0.4, -0.2) is 50.8 Å². The third-order valence-corrected chi connectivity index (χ3v) is 4.54. The summed E-state index contributed by atoms with van der Waals surface area (Å²) in [6.07, 6.45) is 4.33. The molecule has 0 radical (unpaired) electrons. The van der Waals surface area contributed by atoms with Gasteiger partial charge in [0, 0.05) is 13.1 Å². The fourth-order valence-corrected chi connectivity index (χ4v) is 3.08. The summed E-state index contributed by atoms with van der Waals surface area (Å²) in [6, 6.07) is 0.0304. The second-order valence-electron chi connectivity index (χ2n) is 6.50. The number of carbonyl (C=O) groups excluding carboxylic acids is 2. The Balaban J connectivity index is 1.84. The number of nitrogens with zero attached hydrogens (tertiary/aromatic N) is 4. The van der Waals surface area contributed by atoms with E-state index in [2.05, 4.69) is 29.5 Å². The molecule has 7 heteroatoms. The molecule has 22 heavy (non-hydrogen) atoms. The Morgan fingerprint density at radius 3 is 2.55 bits per heavy atom. The van der Waals surface area contributed by atoms with Crippen molar-refractivity contribution in [2.75, 3.05) is 13.1 Å². The van der Waals surface area contributed by atoms with Crippen LogP contribution in [0, 0.1) is 5.92 Å². The van der Waals surface area contributed by atoms with E-state index in [1.807, 2.05) is 0 Å². The van der Waals surface area contributed by atoms with Crippen molar-refractivity contribution in [2.45, 2.75) is 52.1 Å². The van der Waals surface area contributed by atoms with Crippen molar-refractivity contribution in [1.82, 2.24) is 25.2 Å². The first-order chi connectivity index (χ1) is 10.6. The Hall–Kier alpha value is -1.92. The molecule has 1 atom stereocenters. The van der Waals surface area contributed by atoms with Crippen LogP contribution in [0.3, 0.4) is 0 Å². The van der Waals surface area contributed by atoms with Crippen LogP contribution in [0.5, 0.6) is 0 Å². The van der Waals surface area contributed by atoms with E-state index in [1.165, 1.54) is 0 Å². The molecule has 2 amide bonds. The number of hydrogen-bond acceptors (Lipinski definition) is 4. The highest BCUT2D eigenvalue weighted by atomic mass is 16.2. The Bertz CT molecular complexity index is 572. The van der Waals surface area contributed by atoms with Gasteiger partial charge in [-0.25, -0.2) is 4.68 Å². The summed E-state index contributed by atoms with van der Waals surface area (Å²) in [4.78, 5) is 26.8. The summed E-state index contributed by atoms with van der Waals surface area (Å²) in [5.74, 6) is -0.0968. The van der Waals surface area contributed by atoms with Gasteiger partial charge < -0.3 is 10.2 Å². The van der Waals surface area contributed by atoms with Gasteiger partial charge in [0.2, 0.25) is 0 Å². The number of carbonyl (C=O) groups is 2. The SMILES string of the molecule is CC(C)C1Cn2nnc(C(=O)N3CCCCCC3)c2C(=O)N1. The van der Waals surface area contributed by atoms with Crippen molar-refractivity contribution < 1.29 is 9.59 Å². The van der Waals surface area contributed by atoms with Gasteiger partial charge in [-0.3, -0.25) is 9.59 Å². The normalized spacial score (nSPS) is 22.2. The minimum atomic E-state index is -0.242. The molecule has 120 valence electrons. The zero-order chi connectivity index (χ0) is 15.7. The number of nitrogens with one attached hydrogen (secondary N) is 1. The summed E-state index contributed by atoms with van der Waals surface area (Å²) in [5, 5.41) is 11.0. The molecule has 0 saturated carbocycles. The smallest absolute Gasteiger partial charge is 0.276 e. The van der Waals surface area contributed by atoms with E-state index in [0.717, 1.165) is 38.8 Å². The lowest BCUT2D eigenvalue weighted by atomic mass is 10.0. The lowest BCUT2D eigenvalue weighted by Gasteiger charge is -2.27. The van der Waals surface area contributed by atoms with E-state index in [-0.39, 0.29) is 23.6 Å². The first kappa shape index (κ1) is 15.0. The van der Waals surface area contributed by atoms with Crippen LogP contribution in [0.2, 0.25) is 0 Å². The molecule has 0 aliphatic carbocycles. The molecule has 0 spiro atoms. The van der Waals surface area contributed by atoms with E-state index >= 15 is 0 Å². The molecule has 2 aliphatic rings. The second kappa shape index (κ2) is 6.06. The highest BCUT2D eigenvalue weighted by Gasteiger charge is 2.34. The van der Waals surface area contributed by atoms with Crippen LogP contribution in [-0.2, 0) is 6.54 Å². The quantitative estimate of drug-likeness (QED) is 0.886. The highest BCUT2D eigenvalue weighted by Crippen LogP contribution is 2.18. The maximum atomic E-state index is 12.7. The predicted molar refractivity (Wildman–Crippen MR) is 80.5 cm³/mol. The van der Waals surface area contributed by atoms with Gasteiger partial charge >= 0.3 is 0 Å². The van der Waals surface area contributed by atoms with Crippen molar-refractivity contribution >= 4 is 11.8 Å². The largest absolute Gasteiger partial charge is 0.346 e. The number of hydrogen-bond donors (Lipinski definition) is 1. The van der Waals surface area contributed by atoms with Crippen molar-refractivity contribution in [1.29, 1.82) is 0 Å². The van der Waals surface area contributed by atoms with E-state index in [4.69, 9.17) is 0 Å². The molecule has 3 heterocycles. The van der Waals surface area contributed by atoms with Gasteiger partial charge in [-0.05, 0) is 18.8 Å². The second-order valence-corrected chi connectivity index (χ2v) is 6.50. The minimum absolute atomic E-state index is 0.0304.